The number of benzene rings is 3. The fourth-order valence-electron chi connectivity index (χ4n) is 3.97. The lowest BCUT2D eigenvalue weighted by atomic mass is 10.0. The van der Waals surface area contributed by atoms with Gasteiger partial charge in [0.15, 0.2) is 0 Å². The predicted molar refractivity (Wildman–Crippen MR) is 122 cm³/mol. The van der Waals surface area contributed by atoms with E-state index in [1.807, 2.05) is 30.3 Å². The summed E-state index contributed by atoms with van der Waals surface area (Å²) in [4.78, 5) is 14.1. The van der Waals surface area contributed by atoms with Crippen LogP contribution in [0.5, 0.6) is 5.75 Å². The van der Waals surface area contributed by atoms with Gasteiger partial charge in [-0.05, 0) is 48.0 Å². The van der Waals surface area contributed by atoms with Crippen LogP contribution in [-0.2, 0) is 21.3 Å². The highest BCUT2D eigenvalue weighted by Gasteiger charge is 2.29. The molecule has 3 aromatic rings. The summed E-state index contributed by atoms with van der Waals surface area (Å²) in [6.07, 6.45) is 0. The van der Waals surface area contributed by atoms with E-state index in [9.17, 15) is 18.3 Å². The maximum atomic E-state index is 13.0. The van der Waals surface area contributed by atoms with Crippen molar-refractivity contribution in [3.8, 4) is 5.75 Å². The Morgan fingerprint density at radius 1 is 0.969 bits per heavy atom. The quantitative estimate of drug-likeness (QED) is 0.576. The summed E-state index contributed by atoms with van der Waals surface area (Å²) < 4.78 is 32.5. The van der Waals surface area contributed by atoms with Crippen LogP contribution in [0.2, 0.25) is 0 Å². The van der Waals surface area contributed by atoms with Crippen molar-refractivity contribution in [1.82, 2.24) is 9.21 Å². The van der Waals surface area contributed by atoms with E-state index in [-0.39, 0.29) is 17.3 Å². The smallest absolute Gasteiger partial charge is 0.338 e. The van der Waals surface area contributed by atoms with E-state index < -0.39 is 16.0 Å². The maximum Gasteiger partial charge on any atom is 0.338 e. The summed E-state index contributed by atoms with van der Waals surface area (Å²) >= 11 is 0. The number of carbonyl (C=O) groups excluding carboxylic acids is 1. The summed E-state index contributed by atoms with van der Waals surface area (Å²) in [6, 6.07) is 17.4. The molecular weight excluding hydrogens is 428 g/mol. The van der Waals surface area contributed by atoms with Crippen molar-refractivity contribution < 1.29 is 23.1 Å². The SMILES string of the molecule is CCOC(=O)c1ccc(S(=O)(=O)N2CCN(Cc3c(O)ccc4ccccc34)CC2)cc1. The van der Waals surface area contributed by atoms with E-state index in [1.54, 1.807) is 13.0 Å². The van der Waals surface area contributed by atoms with Gasteiger partial charge in [0.25, 0.3) is 0 Å². The van der Waals surface area contributed by atoms with Crippen LogP contribution in [0.15, 0.2) is 65.6 Å². The van der Waals surface area contributed by atoms with Crippen LogP contribution in [0, 0.1) is 0 Å². The first-order chi connectivity index (χ1) is 15.4. The van der Waals surface area contributed by atoms with Crippen molar-refractivity contribution in [2.45, 2.75) is 18.4 Å². The van der Waals surface area contributed by atoms with Gasteiger partial charge in [-0.1, -0.05) is 30.3 Å². The van der Waals surface area contributed by atoms with Crippen LogP contribution in [0.1, 0.15) is 22.8 Å². The number of aromatic hydroxyl groups is 1. The molecule has 0 aliphatic carbocycles. The van der Waals surface area contributed by atoms with Gasteiger partial charge in [-0.3, -0.25) is 4.90 Å². The van der Waals surface area contributed by atoms with Gasteiger partial charge in [-0.25, -0.2) is 13.2 Å². The topological polar surface area (TPSA) is 87.2 Å². The van der Waals surface area contributed by atoms with E-state index in [2.05, 4.69) is 4.90 Å². The van der Waals surface area contributed by atoms with Crippen LogP contribution in [-0.4, -0.2) is 61.5 Å². The van der Waals surface area contributed by atoms with E-state index in [1.165, 1.54) is 28.6 Å². The van der Waals surface area contributed by atoms with Gasteiger partial charge in [0, 0.05) is 38.3 Å². The molecule has 3 aromatic carbocycles. The molecule has 0 atom stereocenters. The normalized spacial score (nSPS) is 15.7. The second-order valence-electron chi connectivity index (χ2n) is 7.71. The zero-order chi connectivity index (χ0) is 22.7. The van der Waals surface area contributed by atoms with Crippen molar-refractivity contribution in [1.29, 1.82) is 0 Å². The van der Waals surface area contributed by atoms with Crippen molar-refractivity contribution in [2.24, 2.45) is 0 Å². The van der Waals surface area contributed by atoms with E-state index in [4.69, 9.17) is 4.74 Å². The number of esters is 1. The zero-order valence-electron chi connectivity index (χ0n) is 17.9. The number of hydrogen-bond donors (Lipinski definition) is 1. The Morgan fingerprint density at radius 3 is 2.34 bits per heavy atom. The van der Waals surface area contributed by atoms with Gasteiger partial charge >= 0.3 is 5.97 Å². The molecule has 1 heterocycles. The first kappa shape index (κ1) is 22.3. The van der Waals surface area contributed by atoms with Gasteiger partial charge in [0.1, 0.15) is 5.75 Å². The molecule has 0 aromatic heterocycles. The van der Waals surface area contributed by atoms with Gasteiger partial charge in [-0.15, -0.1) is 0 Å². The lowest BCUT2D eigenvalue weighted by Crippen LogP contribution is -2.48. The molecule has 0 bridgehead atoms. The van der Waals surface area contributed by atoms with Crippen LogP contribution in [0.3, 0.4) is 0 Å². The third kappa shape index (κ3) is 4.48. The number of nitrogens with zero attached hydrogens (tertiary/aromatic N) is 2. The van der Waals surface area contributed by atoms with Gasteiger partial charge in [0.05, 0.1) is 17.1 Å². The number of ether oxygens (including phenoxy) is 1. The van der Waals surface area contributed by atoms with Crippen LogP contribution in [0.25, 0.3) is 10.8 Å². The van der Waals surface area contributed by atoms with E-state index >= 15 is 0 Å². The number of phenolic OH excluding ortho intramolecular Hbond substituents is 1. The largest absolute Gasteiger partial charge is 0.508 e. The number of sulfonamides is 1. The fraction of sp³-hybridized carbons (Fsp3) is 0.292. The second-order valence-corrected chi connectivity index (χ2v) is 9.65. The third-order valence-corrected chi connectivity index (χ3v) is 7.64. The Kier molecular flexibility index (Phi) is 6.45. The van der Waals surface area contributed by atoms with Crippen molar-refractivity contribution >= 4 is 26.8 Å². The zero-order valence-corrected chi connectivity index (χ0v) is 18.7. The molecule has 1 N–H and O–H groups in total. The molecule has 0 radical (unpaired) electrons. The van der Waals surface area contributed by atoms with Crippen LogP contribution >= 0.6 is 0 Å². The average Bonchev–Trinajstić information content (AvgIpc) is 2.81. The molecule has 168 valence electrons. The summed E-state index contributed by atoms with van der Waals surface area (Å²) in [7, 11) is -3.65. The third-order valence-electron chi connectivity index (χ3n) is 5.73. The maximum absolute atomic E-state index is 13.0. The van der Waals surface area contributed by atoms with E-state index in [0.29, 0.717) is 38.3 Å². The number of piperazine rings is 1. The lowest BCUT2D eigenvalue weighted by Gasteiger charge is -2.34. The highest BCUT2D eigenvalue weighted by Crippen LogP contribution is 2.29. The van der Waals surface area contributed by atoms with Crippen LogP contribution in [0.4, 0.5) is 0 Å². The molecule has 0 spiro atoms. The molecule has 1 saturated heterocycles. The highest BCUT2D eigenvalue weighted by atomic mass is 32.2. The Labute approximate surface area is 187 Å². The molecule has 7 nitrogen and oxygen atoms in total. The molecular formula is C24H26N2O5S. The first-order valence-corrected chi connectivity index (χ1v) is 12.0. The minimum atomic E-state index is -3.65. The van der Waals surface area contributed by atoms with E-state index in [0.717, 1.165) is 16.3 Å². The summed E-state index contributed by atoms with van der Waals surface area (Å²) in [6.45, 7) is 4.36. The lowest BCUT2D eigenvalue weighted by molar-refractivity contribution is 0.0526. The van der Waals surface area contributed by atoms with Crippen molar-refractivity contribution in [2.75, 3.05) is 32.8 Å². The van der Waals surface area contributed by atoms with Crippen molar-refractivity contribution in [3.05, 3.63) is 71.8 Å². The number of phenols is 1. The molecule has 32 heavy (non-hydrogen) atoms. The average molecular weight is 455 g/mol. The Balaban J connectivity index is 1.43. The molecule has 1 aliphatic heterocycles. The Bertz CT molecular complexity index is 1220. The minimum absolute atomic E-state index is 0.158. The standard InChI is InChI=1S/C24H26N2O5S/c1-2-31-24(28)19-7-10-20(11-8-19)32(29,30)26-15-13-25(14-16-26)17-22-21-6-4-3-5-18(21)9-12-23(22)27/h3-12,27H,2,13-17H2,1H3. The molecule has 1 fully saturated rings. The summed E-state index contributed by atoms with van der Waals surface area (Å²) in [5.41, 5.74) is 1.18. The molecule has 0 saturated carbocycles. The summed E-state index contributed by atoms with van der Waals surface area (Å²) in [5, 5.41) is 12.5. The molecule has 8 heteroatoms. The van der Waals surface area contributed by atoms with Gasteiger partial charge < -0.3 is 9.84 Å². The monoisotopic (exact) mass is 454 g/mol. The Hall–Kier alpha value is -2.94. The number of rotatable bonds is 6. The number of fused-ring (bicyclic) bond motifs is 1. The number of carbonyl (C=O) groups is 1. The molecule has 1 aliphatic rings. The van der Waals surface area contributed by atoms with Gasteiger partial charge in [0.2, 0.25) is 10.0 Å². The molecule has 0 unspecified atom stereocenters. The number of hydrogen-bond acceptors (Lipinski definition) is 6. The fourth-order valence-corrected chi connectivity index (χ4v) is 5.39. The summed E-state index contributed by atoms with van der Waals surface area (Å²) in [5.74, 6) is -0.220. The minimum Gasteiger partial charge on any atom is -0.508 e. The highest BCUT2D eigenvalue weighted by molar-refractivity contribution is 7.89. The van der Waals surface area contributed by atoms with Crippen LogP contribution < -0.4 is 0 Å². The first-order valence-electron chi connectivity index (χ1n) is 10.6. The molecule has 0 amide bonds. The van der Waals surface area contributed by atoms with Crippen molar-refractivity contribution in [3.63, 3.8) is 0 Å². The molecule has 4 rings (SSSR count). The predicted octanol–water partition coefficient (Wildman–Crippen LogP) is 3.23. The van der Waals surface area contributed by atoms with Gasteiger partial charge in [-0.2, -0.15) is 4.31 Å². The Morgan fingerprint density at radius 2 is 1.66 bits per heavy atom. The second kappa shape index (κ2) is 9.28.